The van der Waals surface area contributed by atoms with Gasteiger partial charge in [0.15, 0.2) is 4.87 Å². The fourth-order valence-electron chi connectivity index (χ4n) is 4.56. The summed E-state index contributed by atoms with van der Waals surface area (Å²) in [5.74, 6) is -1.42. The van der Waals surface area contributed by atoms with Crippen molar-refractivity contribution in [3.05, 3.63) is 87.9 Å². The van der Waals surface area contributed by atoms with Crippen molar-refractivity contribution < 1.29 is 14.1 Å². The second-order valence-corrected chi connectivity index (χ2v) is 9.24. The number of fused-ring (bicyclic) bond motifs is 3. The van der Waals surface area contributed by atoms with Gasteiger partial charge in [0, 0.05) is 10.3 Å². The van der Waals surface area contributed by atoms with Crippen molar-refractivity contribution in [2.45, 2.75) is 28.5 Å². The van der Waals surface area contributed by atoms with Crippen LogP contribution in [0.4, 0.5) is 4.39 Å². The Labute approximate surface area is 169 Å². The Morgan fingerprint density at radius 3 is 2.59 bits per heavy atom. The average molecular weight is 409 g/mol. The highest BCUT2D eigenvalue weighted by molar-refractivity contribution is 8.03. The number of thioether (sulfide) groups is 1. The third-order valence-corrected chi connectivity index (χ3v) is 7.62. The zero-order valence-corrected chi connectivity index (χ0v) is 16.2. The first kappa shape index (κ1) is 18.1. The summed E-state index contributed by atoms with van der Waals surface area (Å²) in [4.78, 5) is 28.3. The Morgan fingerprint density at radius 1 is 1.14 bits per heavy atom. The minimum Gasteiger partial charge on any atom is -0.329 e. The Kier molecular flexibility index (Phi) is 3.73. The van der Waals surface area contributed by atoms with Gasteiger partial charge in [0.25, 0.3) is 6.04 Å². The number of piperidine rings is 1. The quantitative estimate of drug-likeness (QED) is 0.528. The maximum Gasteiger partial charge on any atom is 0.259 e. The second-order valence-electron chi connectivity index (χ2n) is 7.55. The molecule has 3 aromatic rings. The first-order chi connectivity index (χ1) is 13.8. The van der Waals surface area contributed by atoms with Gasteiger partial charge in [0.1, 0.15) is 10.6 Å². The smallest absolute Gasteiger partial charge is 0.259 e. The standard InChI is InChI=1S/C21H16FN3O3S/c1-20-17(13-6-9-14(22)10-7-13)18(25(27)28)21(29-20,24-19(20)26)16-11-8-12-4-2-3-5-15(12)23-16/h2-11,17-18H,1H3,(H,24,26). The van der Waals surface area contributed by atoms with Crippen LogP contribution in [0.3, 0.4) is 0 Å². The fraction of sp³-hybridized carbons (Fsp3) is 0.238. The number of hydrogen-bond donors (Lipinski definition) is 1. The fourth-order valence-corrected chi connectivity index (χ4v) is 6.46. The highest BCUT2D eigenvalue weighted by atomic mass is 32.2. The summed E-state index contributed by atoms with van der Waals surface area (Å²) in [7, 11) is 0. The van der Waals surface area contributed by atoms with Gasteiger partial charge in [-0.2, -0.15) is 0 Å². The van der Waals surface area contributed by atoms with E-state index in [4.69, 9.17) is 0 Å². The highest BCUT2D eigenvalue weighted by Gasteiger charge is 2.76. The first-order valence-corrected chi connectivity index (χ1v) is 9.95. The van der Waals surface area contributed by atoms with Crippen molar-refractivity contribution in [3.8, 4) is 0 Å². The predicted octanol–water partition coefficient (Wildman–Crippen LogP) is 3.59. The van der Waals surface area contributed by atoms with E-state index in [9.17, 15) is 19.3 Å². The van der Waals surface area contributed by atoms with Crippen LogP contribution in [-0.2, 0) is 9.67 Å². The number of nitrogens with zero attached hydrogens (tertiary/aromatic N) is 2. The Hall–Kier alpha value is -3.00. The Bertz CT molecular complexity index is 1170. The zero-order chi connectivity index (χ0) is 20.4. The topological polar surface area (TPSA) is 85.1 Å². The van der Waals surface area contributed by atoms with E-state index < -0.39 is 27.4 Å². The number of carbonyl (C=O) groups is 1. The molecule has 2 fully saturated rings. The van der Waals surface area contributed by atoms with E-state index in [1.54, 1.807) is 13.0 Å². The van der Waals surface area contributed by atoms with Crippen molar-refractivity contribution in [2.24, 2.45) is 0 Å². The summed E-state index contributed by atoms with van der Waals surface area (Å²) in [5.41, 5.74) is 1.72. The van der Waals surface area contributed by atoms with Gasteiger partial charge in [-0.3, -0.25) is 14.9 Å². The molecule has 8 heteroatoms. The summed E-state index contributed by atoms with van der Waals surface area (Å²) in [5, 5.41) is 16.1. The van der Waals surface area contributed by atoms with Gasteiger partial charge in [-0.1, -0.05) is 36.4 Å². The molecule has 0 spiro atoms. The number of nitrogens with one attached hydrogen (secondary N) is 1. The second kappa shape index (κ2) is 6.00. The average Bonchev–Trinajstić information content (AvgIpc) is 3.14. The zero-order valence-electron chi connectivity index (χ0n) is 15.3. The van der Waals surface area contributed by atoms with Crippen LogP contribution in [0, 0.1) is 15.9 Å². The molecule has 5 rings (SSSR count). The molecule has 2 aliphatic heterocycles. The summed E-state index contributed by atoms with van der Waals surface area (Å²) in [6.45, 7) is 1.72. The lowest BCUT2D eigenvalue weighted by Crippen LogP contribution is -2.59. The lowest BCUT2D eigenvalue weighted by atomic mass is 9.74. The summed E-state index contributed by atoms with van der Waals surface area (Å²) < 4.78 is 12.4. The van der Waals surface area contributed by atoms with Crippen LogP contribution in [0.5, 0.6) is 0 Å². The number of halogens is 1. The maximum atomic E-state index is 13.4. The number of benzene rings is 2. The van der Waals surface area contributed by atoms with Gasteiger partial charge < -0.3 is 5.32 Å². The molecule has 4 atom stereocenters. The molecule has 146 valence electrons. The van der Waals surface area contributed by atoms with Crippen LogP contribution in [0.1, 0.15) is 24.1 Å². The summed E-state index contributed by atoms with van der Waals surface area (Å²) in [6.07, 6.45) is 0. The lowest BCUT2D eigenvalue weighted by molar-refractivity contribution is -0.535. The van der Waals surface area contributed by atoms with Gasteiger partial charge in [-0.05, 0) is 36.8 Å². The number of nitro groups is 1. The van der Waals surface area contributed by atoms with Crippen molar-refractivity contribution in [1.29, 1.82) is 0 Å². The van der Waals surface area contributed by atoms with Gasteiger partial charge in [-0.25, -0.2) is 9.37 Å². The van der Waals surface area contributed by atoms with Crippen molar-refractivity contribution in [2.75, 3.05) is 0 Å². The molecule has 29 heavy (non-hydrogen) atoms. The van der Waals surface area contributed by atoms with Crippen LogP contribution in [0.2, 0.25) is 0 Å². The summed E-state index contributed by atoms with van der Waals surface area (Å²) in [6, 6.07) is 15.5. The molecule has 1 N–H and O–H groups in total. The van der Waals surface area contributed by atoms with E-state index >= 15 is 0 Å². The number of amides is 1. The number of carbonyl (C=O) groups excluding carboxylic acids is 1. The van der Waals surface area contributed by atoms with Gasteiger partial charge in [-0.15, -0.1) is 11.8 Å². The largest absolute Gasteiger partial charge is 0.329 e. The van der Waals surface area contributed by atoms with E-state index in [0.717, 1.165) is 5.39 Å². The molecule has 0 radical (unpaired) electrons. The van der Waals surface area contributed by atoms with Gasteiger partial charge in [0.2, 0.25) is 5.91 Å². The first-order valence-electron chi connectivity index (χ1n) is 9.13. The third-order valence-electron chi connectivity index (χ3n) is 5.88. The van der Waals surface area contributed by atoms with Crippen LogP contribution in [-0.4, -0.2) is 26.6 Å². The molecular weight excluding hydrogens is 393 g/mol. The van der Waals surface area contributed by atoms with Crippen molar-refractivity contribution >= 4 is 28.6 Å². The maximum absolute atomic E-state index is 13.4. The van der Waals surface area contributed by atoms with Crippen LogP contribution >= 0.6 is 11.8 Å². The highest BCUT2D eigenvalue weighted by Crippen LogP contribution is 2.65. The molecular formula is C21H16FN3O3S. The predicted molar refractivity (Wildman–Crippen MR) is 107 cm³/mol. The number of rotatable bonds is 3. The van der Waals surface area contributed by atoms with E-state index in [1.807, 2.05) is 30.3 Å². The molecule has 6 nitrogen and oxygen atoms in total. The van der Waals surface area contributed by atoms with Crippen molar-refractivity contribution in [3.63, 3.8) is 0 Å². The van der Waals surface area contributed by atoms with E-state index in [0.29, 0.717) is 16.8 Å². The minimum absolute atomic E-state index is 0.273. The molecule has 1 aromatic heterocycles. The van der Waals surface area contributed by atoms with Crippen molar-refractivity contribution in [1.82, 2.24) is 10.3 Å². The van der Waals surface area contributed by atoms with Crippen LogP contribution in [0.15, 0.2) is 60.7 Å². The number of hydrogen-bond acceptors (Lipinski definition) is 5. The molecule has 0 aliphatic carbocycles. The number of aromatic nitrogens is 1. The van der Waals surface area contributed by atoms with E-state index in [2.05, 4.69) is 10.3 Å². The molecule has 4 unspecified atom stereocenters. The monoisotopic (exact) mass is 409 g/mol. The van der Waals surface area contributed by atoms with Gasteiger partial charge >= 0.3 is 0 Å². The van der Waals surface area contributed by atoms with E-state index in [1.165, 1.54) is 36.0 Å². The van der Waals surface area contributed by atoms with Crippen LogP contribution < -0.4 is 5.32 Å². The molecule has 3 heterocycles. The molecule has 2 saturated heterocycles. The summed E-state index contributed by atoms with van der Waals surface area (Å²) >= 11 is 1.24. The normalized spacial score (nSPS) is 30.5. The molecule has 1 amide bonds. The minimum atomic E-state index is -1.29. The van der Waals surface area contributed by atoms with Gasteiger partial charge in [0.05, 0.1) is 17.1 Å². The molecule has 0 saturated carbocycles. The molecule has 2 aromatic carbocycles. The number of para-hydroxylation sites is 1. The Balaban J connectivity index is 1.72. The lowest BCUT2D eigenvalue weighted by Gasteiger charge is -2.34. The third kappa shape index (κ3) is 2.42. The number of pyridine rings is 1. The van der Waals surface area contributed by atoms with E-state index in [-0.39, 0.29) is 10.8 Å². The van der Waals surface area contributed by atoms with Crippen LogP contribution in [0.25, 0.3) is 10.9 Å². The SMILES string of the molecule is CC12SC(c3ccc4ccccc4n3)(NC1=O)C([N+](=O)[O-])C2c1ccc(F)cc1. The Morgan fingerprint density at radius 2 is 1.86 bits per heavy atom. The molecule has 2 bridgehead atoms. The molecule has 2 aliphatic rings.